The van der Waals surface area contributed by atoms with Gasteiger partial charge in [0, 0.05) is 23.4 Å². The molecule has 0 atom stereocenters. The number of anilines is 1. The zero-order chi connectivity index (χ0) is 22.9. The number of ether oxygens (including phenoxy) is 1. The predicted octanol–water partition coefficient (Wildman–Crippen LogP) is 5.80. The highest BCUT2D eigenvalue weighted by Crippen LogP contribution is 2.31. The molecular formula is C23H25N3O3S3. The van der Waals surface area contributed by atoms with Crippen LogP contribution >= 0.6 is 34.9 Å². The smallest absolute Gasteiger partial charge is 0.224 e. The van der Waals surface area contributed by atoms with Gasteiger partial charge in [-0.3, -0.25) is 9.59 Å². The van der Waals surface area contributed by atoms with Gasteiger partial charge in [-0.25, -0.2) is 0 Å². The first kappa shape index (κ1) is 24.3. The van der Waals surface area contributed by atoms with Crippen molar-refractivity contribution in [1.82, 2.24) is 10.2 Å². The topological polar surface area (TPSA) is 81.2 Å². The zero-order valence-electron chi connectivity index (χ0n) is 18.2. The molecule has 0 saturated heterocycles. The number of methoxy groups -OCH3 is 1. The van der Waals surface area contributed by atoms with Crippen LogP contribution in [0.3, 0.4) is 0 Å². The molecule has 0 unspecified atom stereocenters. The molecule has 32 heavy (non-hydrogen) atoms. The van der Waals surface area contributed by atoms with Crippen LogP contribution in [0.15, 0.2) is 57.2 Å². The van der Waals surface area contributed by atoms with Crippen LogP contribution in [0.5, 0.6) is 5.75 Å². The quantitative estimate of drug-likeness (QED) is 0.270. The first-order valence-corrected chi connectivity index (χ1v) is 12.9. The molecule has 6 nitrogen and oxygen atoms in total. The molecule has 9 heteroatoms. The van der Waals surface area contributed by atoms with Gasteiger partial charge in [0.25, 0.3) is 0 Å². The van der Waals surface area contributed by atoms with Crippen LogP contribution in [0.4, 0.5) is 5.69 Å². The number of hydrogen-bond acceptors (Lipinski definition) is 8. The van der Waals surface area contributed by atoms with E-state index in [1.807, 2.05) is 38.1 Å². The van der Waals surface area contributed by atoms with Gasteiger partial charge in [-0.15, -0.1) is 10.2 Å². The van der Waals surface area contributed by atoms with Crippen LogP contribution in [0.1, 0.15) is 36.2 Å². The van der Waals surface area contributed by atoms with E-state index in [0.717, 1.165) is 20.2 Å². The Morgan fingerprint density at radius 2 is 1.66 bits per heavy atom. The highest BCUT2D eigenvalue weighted by atomic mass is 32.2. The monoisotopic (exact) mass is 487 g/mol. The van der Waals surface area contributed by atoms with E-state index in [2.05, 4.69) is 15.5 Å². The second-order valence-electron chi connectivity index (χ2n) is 7.41. The lowest BCUT2D eigenvalue weighted by molar-refractivity contribution is -0.116. The Morgan fingerprint density at radius 3 is 2.28 bits per heavy atom. The van der Waals surface area contributed by atoms with Crippen molar-refractivity contribution in [2.45, 2.75) is 34.7 Å². The number of nitrogens with one attached hydrogen (secondary N) is 1. The molecule has 3 aromatic rings. The molecule has 0 aliphatic carbocycles. The number of carbonyl (C=O) groups is 2. The summed E-state index contributed by atoms with van der Waals surface area (Å²) in [7, 11) is 1.65. The molecule has 1 N–H and O–H groups in total. The Morgan fingerprint density at radius 1 is 1.00 bits per heavy atom. The summed E-state index contributed by atoms with van der Waals surface area (Å²) in [6, 6.07) is 14.9. The van der Waals surface area contributed by atoms with Crippen molar-refractivity contribution in [3.8, 4) is 5.75 Å². The van der Waals surface area contributed by atoms with Crippen molar-refractivity contribution < 1.29 is 14.3 Å². The minimum Gasteiger partial charge on any atom is -0.497 e. The molecule has 0 spiro atoms. The molecule has 0 aliphatic heterocycles. The van der Waals surface area contributed by atoms with Crippen LogP contribution in [-0.4, -0.2) is 34.8 Å². The number of amides is 1. The highest BCUT2D eigenvalue weighted by molar-refractivity contribution is 8.03. The van der Waals surface area contributed by atoms with Gasteiger partial charge in [0.05, 0.1) is 12.9 Å². The zero-order valence-corrected chi connectivity index (χ0v) is 20.6. The first-order chi connectivity index (χ1) is 15.4. The van der Waals surface area contributed by atoms with Crippen molar-refractivity contribution in [1.29, 1.82) is 0 Å². The second-order valence-corrected chi connectivity index (χ2v) is 10.8. The van der Waals surface area contributed by atoms with E-state index in [4.69, 9.17) is 4.74 Å². The number of ketones is 1. The molecule has 0 bridgehead atoms. The van der Waals surface area contributed by atoms with Crippen LogP contribution in [-0.2, 0) is 10.5 Å². The molecule has 0 aliphatic rings. The SMILES string of the molecule is COc1ccc(CSc2nnc(SCC(=O)c3ccc(NC(=O)CC(C)C)cc3)s2)cc1. The Bertz CT molecular complexity index is 1030. The van der Waals surface area contributed by atoms with Gasteiger partial charge < -0.3 is 10.1 Å². The molecule has 0 saturated carbocycles. The minimum absolute atomic E-state index is 0.0118. The Hall–Kier alpha value is -2.36. The molecular weight excluding hydrogens is 462 g/mol. The van der Waals surface area contributed by atoms with Crippen molar-refractivity contribution in [2.24, 2.45) is 5.92 Å². The standard InChI is InChI=1S/C23H25N3O3S3/c1-15(2)12-21(28)24-18-8-6-17(7-9-18)20(27)14-31-23-26-25-22(32-23)30-13-16-4-10-19(29-3)11-5-16/h4-11,15H,12-14H2,1-3H3,(H,24,28). The summed E-state index contributed by atoms with van der Waals surface area (Å²) in [5, 5.41) is 11.2. The summed E-state index contributed by atoms with van der Waals surface area (Å²) >= 11 is 4.50. The Balaban J connectivity index is 1.45. The lowest BCUT2D eigenvalue weighted by Gasteiger charge is -2.07. The molecule has 1 heterocycles. The number of Topliss-reactive ketones (excluding diaryl/α,β-unsaturated/α-hetero) is 1. The molecule has 0 fully saturated rings. The van der Waals surface area contributed by atoms with Gasteiger partial charge in [0.1, 0.15) is 5.75 Å². The number of carbonyl (C=O) groups excluding carboxylic acids is 2. The van der Waals surface area contributed by atoms with Gasteiger partial charge in [0.15, 0.2) is 14.5 Å². The van der Waals surface area contributed by atoms with E-state index in [1.54, 1.807) is 43.1 Å². The normalized spacial score (nSPS) is 10.9. The average Bonchev–Trinajstić information content (AvgIpc) is 3.24. The van der Waals surface area contributed by atoms with E-state index < -0.39 is 0 Å². The average molecular weight is 488 g/mol. The Labute approximate surface area is 200 Å². The fraction of sp³-hybridized carbons (Fsp3) is 0.304. The van der Waals surface area contributed by atoms with Crippen molar-refractivity contribution >= 4 is 52.2 Å². The van der Waals surface area contributed by atoms with Crippen LogP contribution < -0.4 is 10.1 Å². The first-order valence-electron chi connectivity index (χ1n) is 10.1. The van der Waals surface area contributed by atoms with E-state index in [-0.39, 0.29) is 17.4 Å². The molecule has 1 amide bonds. The summed E-state index contributed by atoms with van der Waals surface area (Å²) in [4.78, 5) is 24.4. The fourth-order valence-corrected chi connectivity index (χ4v) is 5.58. The van der Waals surface area contributed by atoms with Crippen molar-refractivity contribution in [3.63, 3.8) is 0 Å². The summed E-state index contributed by atoms with van der Waals surface area (Å²) in [5.41, 5.74) is 2.49. The Kier molecular flexibility index (Phi) is 9.13. The van der Waals surface area contributed by atoms with Gasteiger partial charge in [-0.1, -0.05) is 60.8 Å². The third-order valence-corrected chi connectivity index (χ3v) is 7.58. The number of benzene rings is 2. The maximum absolute atomic E-state index is 12.5. The van der Waals surface area contributed by atoms with Crippen LogP contribution in [0, 0.1) is 5.92 Å². The minimum atomic E-state index is -0.0217. The number of aromatic nitrogens is 2. The van der Waals surface area contributed by atoms with Gasteiger partial charge in [0.2, 0.25) is 5.91 Å². The van der Waals surface area contributed by atoms with Crippen LogP contribution in [0.2, 0.25) is 0 Å². The van der Waals surface area contributed by atoms with E-state index in [1.165, 1.54) is 28.7 Å². The number of hydrogen-bond donors (Lipinski definition) is 1. The van der Waals surface area contributed by atoms with Gasteiger partial charge >= 0.3 is 0 Å². The third kappa shape index (κ3) is 7.65. The van der Waals surface area contributed by atoms with Crippen molar-refractivity contribution in [3.05, 3.63) is 59.7 Å². The summed E-state index contributed by atoms with van der Waals surface area (Å²) in [6.07, 6.45) is 0.472. The lowest BCUT2D eigenvalue weighted by Crippen LogP contribution is -2.14. The lowest BCUT2D eigenvalue weighted by atomic mass is 10.1. The molecule has 0 radical (unpaired) electrons. The summed E-state index contributed by atoms with van der Waals surface area (Å²) in [5.74, 6) is 2.21. The molecule has 168 valence electrons. The van der Waals surface area contributed by atoms with E-state index in [0.29, 0.717) is 23.6 Å². The number of thioether (sulfide) groups is 2. The number of rotatable bonds is 11. The molecule has 3 rings (SSSR count). The maximum atomic E-state index is 12.5. The van der Waals surface area contributed by atoms with Crippen molar-refractivity contribution in [2.75, 3.05) is 18.2 Å². The molecule has 2 aromatic carbocycles. The maximum Gasteiger partial charge on any atom is 0.224 e. The third-order valence-electron chi connectivity index (χ3n) is 4.32. The van der Waals surface area contributed by atoms with Gasteiger partial charge in [-0.2, -0.15) is 0 Å². The summed E-state index contributed by atoms with van der Waals surface area (Å²) < 4.78 is 6.82. The largest absolute Gasteiger partial charge is 0.497 e. The summed E-state index contributed by atoms with van der Waals surface area (Å²) in [6.45, 7) is 4.00. The van der Waals surface area contributed by atoms with Crippen LogP contribution in [0.25, 0.3) is 0 Å². The second kappa shape index (κ2) is 12.0. The van der Waals surface area contributed by atoms with E-state index >= 15 is 0 Å². The molecule has 1 aromatic heterocycles. The van der Waals surface area contributed by atoms with E-state index in [9.17, 15) is 9.59 Å². The van der Waals surface area contributed by atoms with Gasteiger partial charge in [-0.05, 0) is 47.9 Å². The highest BCUT2D eigenvalue weighted by Gasteiger charge is 2.12. The fourth-order valence-electron chi connectivity index (χ4n) is 2.71. The predicted molar refractivity (Wildman–Crippen MR) is 132 cm³/mol. The number of nitrogens with zero attached hydrogens (tertiary/aromatic N) is 2.